The Kier molecular flexibility index (Phi) is 3.08. The van der Waals surface area contributed by atoms with E-state index in [-0.39, 0.29) is 23.4 Å². The molecule has 4 fully saturated rings. The first kappa shape index (κ1) is 13.9. The highest BCUT2D eigenvalue weighted by atomic mass is 16.6. The molecule has 0 radical (unpaired) electrons. The quantitative estimate of drug-likeness (QED) is 0.639. The van der Waals surface area contributed by atoms with Gasteiger partial charge in [-0.05, 0) is 45.4 Å². The fourth-order valence-electron chi connectivity index (χ4n) is 4.50. The van der Waals surface area contributed by atoms with Crippen LogP contribution in [0.15, 0.2) is 11.6 Å². The Morgan fingerprint density at radius 3 is 2.71 bits per heavy atom. The van der Waals surface area contributed by atoms with Gasteiger partial charge < -0.3 is 14.6 Å². The molecule has 4 heteroatoms. The second kappa shape index (κ2) is 4.64. The SMILES string of the molecule is CC1([C@H]2[C@H](O)C(=O)CC[C@]23CO3)O[C@@H]1CC=C1CCCC1. The number of carbonyl (C=O) groups is 1. The summed E-state index contributed by atoms with van der Waals surface area (Å²) in [6, 6.07) is 0. The zero-order valence-corrected chi connectivity index (χ0v) is 12.6. The minimum Gasteiger partial charge on any atom is -0.385 e. The van der Waals surface area contributed by atoms with E-state index in [0.717, 1.165) is 12.8 Å². The summed E-state index contributed by atoms with van der Waals surface area (Å²) in [5, 5.41) is 10.4. The lowest BCUT2D eigenvalue weighted by Crippen LogP contribution is -2.52. The van der Waals surface area contributed by atoms with Gasteiger partial charge >= 0.3 is 0 Å². The number of epoxide rings is 2. The van der Waals surface area contributed by atoms with Crippen molar-refractivity contribution in [2.75, 3.05) is 6.61 Å². The van der Waals surface area contributed by atoms with Crippen molar-refractivity contribution in [1.82, 2.24) is 0 Å². The van der Waals surface area contributed by atoms with E-state index in [2.05, 4.69) is 6.08 Å². The van der Waals surface area contributed by atoms with Crippen LogP contribution in [0.4, 0.5) is 0 Å². The number of hydrogen-bond donors (Lipinski definition) is 1. The Hall–Kier alpha value is -0.710. The predicted molar refractivity (Wildman–Crippen MR) is 76.9 cm³/mol. The first-order valence-electron chi connectivity index (χ1n) is 8.26. The monoisotopic (exact) mass is 292 g/mol. The molecule has 4 aliphatic rings. The van der Waals surface area contributed by atoms with E-state index in [0.29, 0.717) is 13.0 Å². The van der Waals surface area contributed by atoms with Gasteiger partial charge in [0.1, 0.15) is 17.3 Å². The number of allylic oxidation sites excluding steroid dienone is 1. The Morgan fingerprint density at radius 2 is 2.05 bits per heavy atom. The van der Waals surface area contributed by atoms with Crippen LogP contribution in [0.25, 0.3) is 0 Å². The van der Waals surface area contributed by atoms with Crippen molar-refractivity contribution in [3.63, 3.8) is 0 Å². The molecule has 116 valence electrons. The molecule has 0 aromatic carbocycles. The molecule has 1 N–H and O–H groups in total. The smallest absolute Gasteiger partial charge is 0.161 e. The molecule has 0 bridgehead atoms. The van der Waals surface area contributed by atoms with Crippen LogP contribution in [0, 0.1) is 5.92 Å². The van der Waals surface area contributed by atoms with E-state index in [4.69, 9.17) is 9.47 Å². The molecule has 5 atom stereocenters. The Labute approximate surface area is 125 Å². The van der Waals surface area contributed by atoms with E-state index >= 15 is 0 Å². The molecule has 2 saturated carbocycles. The molecule has 4 nitrogen and oxygen atoms in total. The molecule has 1 spiro atoms. The molecule has 4 rings (SSSR count). The van der Waals surface area contributed by atoms with Crippen LogP contribution in [-0.2, 0) is 14.3 Å². The first-order chi connectivity index (χ1) is 10.1. The summed E-state index contributed by atoms with van der Waals surface area (Å²) in [7, 11) is 0. The summed E-state index contributed by atoms with van der Waals surface area (Å²) in [5.74, 6) is -0.246. The van der Waals surface area contributed by atoms with Gasteiger partial charge in [-0.1, -0.05) is 11.6 Å². The minimum absolute atomic E-state index is 0.0502. The molecule has 2 saturated heterocycles. The van der Waals surface area contributed by atoms with Crippen LogP contribution >= 0.6 is 0 Å². The highest BCUT2D eigenvalue weighted by Gasteiger charge is 2.71. The van der Waals surface area contributed by atoms with Gasteiger partial charge in [0.2, 0.25) is 0 Å². The topological polar surface area (TPSA) is 62.4 Å². The fourth-order valence-corrected chi connectivity index (χ4v) is 4.50. The van der Waals surface area contributed by atoms with Crippen molar-refractivity contribution in [2.45, 2.75) is 75.3 Å². The summed E-state index contributed by atoms with van der Waals surface area (Å²) in [6.45, 7) is 2.70. The van der Waals surface area contributed by atoms with Crippen LogP contribution in [-0.4, -0.2) is 40.9 Å². The average Bonchev–Trinajstić information content (AvgIpc) is 3.29. The third-order valence-electron chi connectivity index (χ3n) is 5.98. The second-order valence-electron chi connectivity index (χ2n) is 7.34. The molecule has 0 amide bonds. The van der Waals surface area contributed by atoms with E-state index in [1.165, 1.54) is 25.7 Å². The Bertz CT molecular complexity index is 485. The minimum atomic E-state index is -0.921. The average molecular weight is 292 g/mol. The molecule has 2 aliphatic carbocycles. The number of ether oxygens (including phenoxy) is 2. The lowest BCUT2D eigenvalue weighted by atomic mass is 9.69. The maximum absolute atomic E-state index is 11.9. The molecular formula is C17H24O4. The molecule has 2 aliphatic heterocycles. The van der Waals surface area contributed by atoms with Gasteiger partial charge in [-0.25, -0.2) is 0 Å². The van der Waals surface area contributed by atoms with Gasteiger partial charge in [-0.15, -0.1) is 0 Å². The lowest BCUT2D eigenvalue weighted by molar-refractivity contribution is -0.139. The van der Waals surface area contributed by atoms with Gasteiger partial charge in [0.15, 0.2) is 5.78 Å². The maximum atomic E-state index is 11.9. The largest absolute Gasteiger partial charge is 0.385 e. The fraction of sp³-hybridized carbons (Fsp3) is 0.824. The highest BCUT2D eigenvalue weighted by molar-refractivity contribution is 5.85. The standard InChI is InChI=1S/C17H24O4/c1-16(13(21-16)7-6-11-4-2-3-5-11)15-14(19)12(18)8-9-17(15)10-20-17/h6,13-15,19H,2-5,7-10H2,1H3/t13-,14-,15-,16?,17+/m1/s1. The van der Waals surface area contributed by atoms with Crippen molar-refractivity contribution in [2.24, 2.45) is 5.92 Å². The molecule has 2 heterocycles. The predicted octanol–water partition coefficient (Wildman–Crippen LogP) is 2.14. The number of ketones is 1. The third-order valence-corrected chi connectivity index (χ3v) is 5.98. The highest BCUT2D eigenvalue weighted by Crippen LogP contribution is 2.58. The summed E-state index contributed by atoms with van der Waals surface area (Å²) < 4.78 is 11.6. The zero-order valence-electron chi connectivity index (χ0n) is 12.6. The van der Waals surface area contributed by atoms with Crippen LogP contribution in [0.2, 0.25) is 0 Å². The zero-order chi connectivity index (χ0) is 14.7. The summed E-state index contributed by atoms with van der Waals surface area (Å²) in [4.78, 5) is 11.9. The van der Waals surface area contributed by atoms with Crippen molar-refractivity contribution < 1.29 is 19.4 Å². The van der Waals surface area contributed by atoms with E-state index < -0.39 is 11.7 Å². The number of Topliss-reactive ketones (excluding diaryl/α,β-unsaturated/α-hetero) is 1. The van der Waals surface area contributed by atoms with Gasteiger partial charge in [0.25, 0.3) is 0 Å². The van der Waals surface area contributed by atoms with Gasteiger partial charge in [-0.2, -0.15) is 0 Å². The van der Waals surface area contributed by atoms with Crippen molar-refractivity contribution >= 4 is 5.78 Å². The first-order valence-corrected chi connectivity index (χ1v) is 8.26. The normalized spacial score (nSPS) is 48.8. The van der Waals surface area contributed by atoms with Crippen molar-refractivity contribution in [3.8, 4) is 0 Å². The Balaban J connectivity index is 1.47. The maximum Gasteiger partial charge on any atom is 0.161 e. The molecule has 0 aromatic rings. The van der Waals surface area contributed by atoms with Gasteiger partial charge in [0, 0.05) is 6.42 Å². The number of aliphatic hydroxyl groups excluding tert-OH is 1. The van der Waals surface area contributed by atoms with Crippen molar-refractivity contribution in [1.29, 1.82) is 0 Å². The van der Waals surface area contributed by atoms with Crippen molar-refractivity contribution in [3.05, 3.63) is 11.6 Å². The van der Waals surface area contributed by atoms with E-state index in [1.54, 1.807) is 5.57 Å². The summed E-state index contributed by atoms with van der Waals surface area (Å²) >= 11 is 0. The summed E-state index contributed by atoms with van der Waals surface area (Å²) in [6.07, 6.45) is 8.65. The van der Waals surface area contributed by atoms with Crippen LogP contribution in [0.1, 0.15) is 51.9 Å². The van der Waals surface area contributed by atoms with Crippen LogP contribution in [0.3, 0.4) is 0 Å². The lowest BCUT2D eigenvalue weighted by Gasteiger charge is -2.35. The molecule has 21 heavy (non-hydrogen) atoms. The van der Waals surface area contributed by atoms with Crippen LogP contribution < -0.4 is 0 Å². The summed E-state index contributed by atoms with van der Waals surface area (Å²) in [5.41, 5.74) is 0.851. The van der Waals surface area contributed by atoms with E-state index in [9.17, 15) is 9.90 Å². The number of aliphatic hydroxyl groups is 1. The van der Waals surface area contributed by atoms with Gasteiger partial charge in [0.05, 0.1) is 18.6 Å². The van der Waals surface area contributed by atoms with E-state index in [1.807, 2.05) is 6.92 Å². The van der Waals surface area contributed by atoms with Gasteiger partial charge in [-0.3, -0.25) is 4.79 Å². The molecular weight excluding hydrogens is 268 g/mol. The second-order valence-corrected chi connectivity index (χ2v) is 7.34. The Morgan fingerprint density at radius 1 is 1.33 bits per heavy atom. The number of carbonyl (C=O) groups excluding carboxylic acids is 1. The molecule has 0 aromatic heterocycles. The number of rotatable bonds is 3. The molecule has 1 unspecified atom stereocenters. The van der Waals surface area contributed by atoms with Crippen LogP contribution in [0.5, 0.6) is 0 Å². The third kappa shape index (κ3) is 2.19. The number of hydrogen-bond acceptors (Lipinski definition) is 4.